The van der Waals surface area contributed by atoms with E-state index < -0.39 is 0 Å². The zero-order valence-electron chi connectivity index (χ0n) is 11.8. The zero-order valence-corrected chi connectivity index (χ0v) is 12.6. The van der Waals surface area contributed by atoms with Crippen molar-refractivity contribution in [2.45, 2.75) is 25.1 Å². The summed E-state index contributed by atoms with van der Waals surface area (Å²) in [6.07, 6.45) is 0. The fourth-order valence-electron chi connectivity index (χ4n) is 1.82. The molecule has 0 aromatic heterocycles. The average Bonchev–Trinajstić information content (AvgIpc) is 2.39. The van der Waals surface area contributed by atoms with Gasteiger partial charge in [0.15, 0.2) is 0 Å². The summed E-state index contributed by atoms with van der Waals surface area (Å²) < 4.78 is 10.9. The molecular formula is C14H23NO2S. The Morgan fingerprint density at radius 1 is 1.17 bits per heavy atom. The molecule has 0 aliphatic heterocycles. The van der Waals surface area contributed by atoms with Gasteiger partial charge in [-0.25, -0.2) is 0 Å². The molecule has 0 saturated carbocycles. The molecule has 4 heteroatoms. The van der Waals surface area contributed by atoms with Crippen molar-refractivity contribution in [3.05, 3.63) is 23.8 Å². The molecule has 0 aliphatic carbocycles. The summed E-state index contributed by atoms with van der Waals surface area (Å²) in [6.45, 7) is 4.41. The molecule has 0 amide bonds. The number of rotatable bonds is 7. The third kappa shape index (κ3) is 3.82. The van der Waals surface area contributed by atoms with Gasteiger partial charge in [0, 0.05) is 11.8 Å². The Hall–Kier alpha value is -0.870. The van der Waals surface area contributed by atoms with Gasteiger partial charge in [0.2, 0.25) is 0 Å². The molecule has 1 unspecified atom stereocenters. The highest BCUT2D eigenvalue weighted by Crippen LogP contribution is 2.35. The molecule has 0 radical (unpaired) electrons. The average molecular weight is 269 g/mol. The minimum absolute atomic E-state index is 0.225. The monoisotopic (exact) mass is 269 g/mol. The molecule has 3 nitrogen and oxygen atoms in total. The molecule has 1 aromatic rings. The first-order chi connectivity index (χ1) is 8.63. The van der Waals surface area contributed by atoms with Gasteiger partial charge in [-0.1, -0.05) is 19.9 Å². The van der Waals surface area contributed by atoms with Gasteiger partial charge in [0.25, 0.3) is 0 Å². The minimum Gasteiger partial charge on any atom is -0.496 e. The third-order valence-electron chi connectivity index (χ3n) is 2.76. The van der Waals surface area contributed by atoms with Crippen LogP contribution in [0.3, 0.4) is 0 Å². The molecular weight excluding hydrogens is 246 g/mol. The van der Waals surface area contributed by atoms with E-state index in [9.17, 15) is 0 Å². The van der Waals surface area contributed by atoms with Crippen LogP contribution in [0, 0.1) is 0 Å². The second-order valence-corrected chi connectivity index (χ2v) is 5.91. The van der Waals surface area contributed by atoms with Crippen molar-refractivity contribution in [3.8, 4) is 11.5 Å². The summed E-state index contributed by atoms with van der Waals surface area (Å²) in [7, 11) is 5.36. The number of hydrogen-bond acceptors (Lipinski definition) is 4. The summed E-state index contributed by atoms with van der Waals surface area (Å²) >= 11 is 1.92. The lowest BCUT2D eigenvalue weighted by atomic mass is 10.1. The fraction of sp³-hybridized carbons (Fsp3) is 0.571. The van der Waals surface area contributed by atoms with Crippen LogP contribution in [0.1, 0.15) is 25.5 Å². The number of thioether (sulfide) groups is 1. The molecule has 102 valence electrons. The molecule has 0 spiro atoms. The maximum Gasteiger partial charge on any atom is 0.127 e. The van der Waals surface area contributed by atoms with Crippen LogP contribution in [-0.2, 0) is 0 Å². The summed E-state index contributed by atoms with van der Waals surface area (Å²) in [5.74, 6) is 2.74. The fourth-order valence-corrected chi connectivity index (χ4v) is 2.73. The van der Waals surface area contributed by atoms with Crippen LogP contribution in [0.5, 0.6) is 11.5 Å². The standard InChI is InChI=1S/C14H23NO2S/c1-10(2)18-9-11(15-3)14-12(16-4)7-6-8-13(14)17-5/h6-8,10-11,15H,9H2,1-5H3. The van der Waals surface area contributed by atoms with Crippen LogP contribution in [0.15, 0.2) is 18.2 Å². The van der Waals surface area contributed by atoms with Gasteiger partial charge in [-0.3, -0.25) is 0 Å². The first kappa shape index (κ1) is 15.2. The lowest BCUT2D eigenvalue weighted by Crippen LogP contribution is -2.21. The van der Waals surface area contributed by atoms with Gasteiger partial charge >= 0.3 is 0 Å². The van der Waals surface area contributed by atoms with Crippen molar-refractivity contribution in [3.63, 3.8) is 0 Å². The van der Waals surface area contributed by atoms with Crippen molar-refractivity contribution >= 4 is 11.8 Å². The summed E-state index contributed by atoms with van der Waals surface area (Å²) in [5.41, 5.74) is 1.10. The number of methoxy groups -OCH3 is 2. The molecule has 0 bridgehead atoms. The lowest BCUT2D eigenvalue weighted by molar-refractivity contribution is 0.377. The topological polar surface area (TPSA) is 30.5 Å². The molecule has 1 aromatic carbocycles. The normalized spacial score (nSPS) is 12.6. The highest BCUT2D eigenvalue weighted by molar-refractivity contribution is 7.99. The molecule has 1 atom stereocenters. The van der Waals surface area contributed by atoms with E-state index in [2.05, 4.69) is 19.2 Å². The highest BCUT2D eigenvalue weighted by Gasteiger charge is 2.19. The number of nitrogens with one attached hydrogen (secondary N) is 1. The van der Waals surface area contributed by atoms with Crippen molar-refractivity contribution in [2.24, 2.45) is 0 Å². The predicted molar refractivity (Wildman–Crippen MR) is 78.9 cm³/mol. The van der Waals surface area contributed by atoms with Crippen LogP contribution >= 0.6 is 11.8 Å². The maximum absolute atomic E-state index is 5.45. The van der Waals surface area contributed by atoms with Crippen molar-refractivity contribution in [1.82, 2.24) is 5.32 Å². The predicted octanol–water partition coefficient (Wildman–Crippen LogP) is 3.11. The Labute approximate surface area is 114 Å². The van der Waals surface area contributed by atoms with Crippen LogP contribution in [-0.4, -0.2) is 32.3 Å². The van der Waals surface area contributed by atoms with Crippen LogP contribution in [0.25, 0.3) is 0 Å². The van der Waals surface area contributed by atoms with E-state index in [4.69, 9.17) is 9.47 Å². The van der Waals surface area contributed by atoms with Crippen molar-refractivity contribution in [2.75, 3.05) is 27.0 Å². The summed E-state index contributed by atoms with van der Waals surface area (Å²) in [4.78, 5) is 0. The second-order valence-electron chi connectivity index (χ2n) is 4.30. The largest absolute Gasteiger partial charge is 0.496 e. The molecule has 0 aliphatic rings. The third-order valence-corrected chi connectivity index (χ3v) is 3.95. The molecule has 18 heavy (non-hydrogen) atoms. The molecule has 0 heterocycles. The van der Waals surface area contributed by atoms with Gasteiger partial charge < -0.3 is 14.8 Å². The van der Waals surface area contributed by atoms with Crippen LogP contribution in [0.2, 0.25) is 0 Å². The first-order valence-corrected chi connectivity index (χ1v) is 7.18. The van der Waals surface area contributed by atoms with Gasteiger partial charge in [-0.15, -0.1) is 0 Å². The van der Waals surface area contributed by atoms with E-state index in [0.29, 0.717) is 5.25 Å². The van der Waals surface area contributed by atoms with E-state index in [1.54, 1.807) is 14.2 Å². The first-order valence-electron chi connectivity index (χ1n) is 6.13. The van der Waals surface area contributed by atoms with E-state index in [1.807, 2.05) is 37.0 Å². The van der Waals surface area contributed by atoms with E-state index >= 15 is 0 Å². The van der Waals surface area contributed by atoms with E-state index in [0.717, 1.165) is 22.8 Å². The lowest BCUT2D eigenvalue weighted by Gasteiger charge is -2.22. The Morgan fingerprint density at radius 2 is 1.72 bits per heavy atom. The Bertz CT molecular complexity index is 347. The quantitative estimate of drug-likeness (QED) is 0.824. The zero-order chi connectivity index (χ0) is 13.5. The Kier molecular flexibility index (Phi) is 6.36. The smallest absolute Gasteiger partial charge is 0.127 e. The van der Waals surface area contributed by atoms with Gasteiger partial charge in [-0.05, 0) is 24.4 Å². The molecule has 0 fully saturated rings. The van der Waals surface area contributed by atoms with Gasteiger partial charge in [-0.2, -0.15) is 11.8 Å². The molecule has 1 rings (SSSR count). The van der Waals surface area contributed by atoms with Crippen molar-refractivity contribution in [1.29, 1.82) is 0 Å². The SMILES string of the molecule is CNC(CSC(C)C)c1c(OC)cccc1OC. The van der Waals surface area contributed by atoms with Crippen LogP contribution < -0.4 is 14.8 Å². The van der Waals surface area contributed by atoms with Crippen molar-refractivity contribution < 1.29 is 9.47 Å². The summed E-state index contributed by atoms with van der Waals surface area (Å²) in [6, 6.07) is 6.12. The van der Waals surface area contributed by atoms with Crippen LogP contribution in [0.4, 0.5) is 0 Å². The molecule has 1 N–H and O–H groups in total. The minimum atomic E-state index is 0.225. The van der Waals surface area contributed by atoms with E-state index in [-0.39, 0.29) is 6.04 Å². The number of benzene rings is 1. The maximum atomic E-state index is 5.45. The Morgan fingerprint density at radius 3 is 2.11 bits per heavy atom. The second kappa shape index (κ2) is 7.54. The van der Waals surface area contributed by atoms with E-state index in [1.165, 1.54) is 0 Å². The Balaban J connectivity index is 3.02. The number of ether oxygens (including phenoxy) is 2. The summed E-state index contributed by atoms with van der Waals surface area (Å²) in [5, 5.41) is 3.95. The van der Waals surface area contributed by atoms with Gasteiger partial charge in [0.1, 0.15) is 11.5 Å². The molecule has 0 saturated heterocycles. The highest BCUT2D eigenvalue weighted by atomic mass is 32.2. The number of hydrogen-bond donors (Lipinski definition) is 1. The van der Waals surface area contributed by atoms with Gasteiger partial charge in [0.05, 0.1) is 19.8 Å².